The lowest BCUT2D eigenvalue weighted by Gasteiger charge is -2.43. The van der Waals surface area contributed by atoms with E-state index in [-0.39, 0.29) is 11.1 Å². The molecule has 2 aliphatic heterocycles. The monoisotopic (exact) mass is 336 g/mol. The molecule has 0 bridgehead atoms. The van der Waals surface area contributed by atoms with E-state index in [4.69, 9.17) is 4.74 Å². The first-order valence-electron chi connectivity index (χ1n) is 9.06. The van der Waals surface area contributed by atoms with Crippen molar-refractivity contribution in [2.45, 2.75) is 52.7 Å². The highest BCUT2D eigenvalue weighted by molar-refractivity contribution is 5.22. The molecule has 0 saturated carbocycles. The molecule has 0 radical (unpaired) electrons. The lowest BCUT2D eigenvalue weighted by molar-refractivity contribution is 0.00571. The predicted molar refractivity (Wildman–Crippen MR) is 101 cm³/mol. The number of nitrogens with one attached hydrogen (secondary N) is 1. The topological polar surface area (TPSA) is 31.0 Å². The van der Waals surface area contributed by atoms with E-state index in [1.54, 1.807) is 0 Å². The molecular formula is C19H36N4O. The summed E-state index contributed by atoms with van der Waals surface area (Å²) in [4.78, 5) is 5.11. The van der Waals surface area contributed by atoms with E-state index in [1.807, 2.05) is 0 Å². The van der Waals surface area contributed by atoms with Crippen molar-refractivity contribution < 1.29 is 4.74 Å². The molecule has 0 spiro atoms. The summed E-state index contributed by atoms with van der Waals surface area (Å²) in [5, 5.41) is 2.12. The minimum Gasteiger partial charge on any atom is -0.370 e. The van der Waals surface area contributed by atoms with Gasteiger partial charge in [0.1, 0.15) is 0 Å². The number of allylic oxidation sites excluding steroid dienone is 2. The van der Waals surface area contributed by atoms with Gasteiger partial charge in [-0.25, -0.2) is 0 Å². The summed E-state index contributed by atoms with van der Waals surface area (Å²) in [6.07, 6.45) is 4.36. The van der Waals surface area contributed by atoms with Gasteiger partial charge in [0.15, 0.2) is 0 Å². The molecule has 1 N–H and O–H groups in total. The Morgan fingerprint density at radius 1 is 1.00 bits per heavy atom. The molecule has 2 aliphatic rings. The first-order chi connectivity index (χ1) is 11.0. The lowest BCUT2D eigenvalue weighted by Crippen LogP contribution is -2.54. The Morgan fingerprint density at radius 2 is 1.62 bits per heavy atom. The first-order valence-corrected chi connectivity index (χ1v) is 9.06. The van der Waals surface area contributed by atoms with Crippen LogP contribution in [0.15, 0.2) is 23.5 Å². The van der Waals surface area contributed by atoms with Gasteiger partial charge in [0, 0.05) is 51.0 Å². The minimum atomic E-state index is -0.113. The van der Waals surface area contributed by atoms with E-state index >= 15 is 0 Å². The second-order valence-electron chi connectivity index (χ2n) is 8.86. The third kappa shape index (κ3) is 5.80. The summed E-state index contributed by atoms with van der Waals surface area (Å²) in [5.74, 6) is 0. The maximum atomic E-state index is 5.84. The molecular weight excluding hydrogens is 300 g/mol. The van der Waals surface area contributed by atoms with E-state index in [2.05, 4.69) is 81.0 Å². The molecule has 0 unspecified atom stereocenters. The zero-order chi connectivity index (χ0) is 18.0. The molecule has 0 amide bonds. The van der Waals surface area contributed by atoms with E-state index in [9.17, 15) is 0 Å². The standard InChI is InChI=1S/C19H36N4O/c1-18(2,3)23-12-10-22(11-13-23)14-17-9-8-16(20-21(17)7)15-24-19(4,5)6/h8-9,20H,10-15H2,1-7H3. The van der Waals surface area contributed by atoms with Crippen molar-refractivity contribution in [1.82, 2.24) is 20.2 Å². The quantitative estimate of drug-likeness (QED) is 0.852. The van der Waals surface area contributed by atoms with Gasteiger partial charge in [-0.3, -0.25) is 14.8 Å². The van der Waals surface area contributed by atoms with Crippen molar-refractivity contribution in [2.75, 3.05) is 46.4 Å². The fraction of sp³-hybridized carbons (Fsp3) is 0.789. The van der Waals surface area contributed by atoms with Crippen LogP contribution in [0.2, 0.25) is 0 Å². The zero-order valence-corrected chi connectivity index (χ0v) is 16.6. The highest BCUT2D eigenvalue weighted by atomic mass is 16.5. The number of ether oxygens (including phenoxy) is 1. The molecule has 0 atom stereocenters. The maximum absolute atomic E-state index is 5.84. The highest BCUT2D eigenvalue weighted by Gasteiger charge is 2.26. The maximum Gasteiger partial charge on any atom is 0.0887 e. The first kappa shape index (κ1) is 19.3. The number of piperazine rings is 1. The van der Waals surface area contributed by atoms with Crippen LogP contribution in [-0.2, 0) is 4.74 Å². The van der Waals surface area contributed by atoms with Gasteiger partial charge in [0.25, 0.3) is 0 Å². The Bertz CT molecular complexity index is 477. The summed E-state index contributed by atoms with van der Waals surface area (Å²) in [6, 6.07) is 0. The molecule has 5 nitrogen and oxygen atoms in total. The normalized spacial score (nSPS) is 21.4. The Labute approximate surface area is 148 Å². The molecule has 2 rings (SSSR count). The number of hydrogen-bond donors (Lipinski definition) is 1. The van der Waals surface area contributed by atoms with E-state index < -0.39 is 0 Å². The Hall–Kier alpha value is -1.04. The van der Waals surface area contributed by atoms with Crippen molar-refractivity contribution in [3.63, 3.8) is 0 Å². The highest BCUT2D eigenvalue weighted by Crippen LogP contribution is 2.18. The van der Waals surface area contributed by atoms with Crippen LogP contribution in [0.4, 0.5) is 0 Å². The molecule has 5 heteroatoms. The summed E-state index contributed by atoms with van der Waals surface area (Å²) in [6.45, 7) is 19.3. The van der Waals surface area contributed by atoms with Crippen molar-refractivity contribution in [3.8, 4) is 0 Å². The zero-order valence-electron chi connectivity index (χ0n) is 16.6. The Morgan fingerprint density at radius 3 is 2.12 bits per heavy atom. The number of nitrogens with zero attached hydrogens (tertiary/aromatic N) is 3. The number of rotatable bonds is 4. The van der Waals surface area contributed by atoms with Gasteiger partial charge >= 0.3 is 0 Å². The molecule has 1 fully saturated rings. The van der Waals surface area contributed by atoms with Crippen LogP contribution in [0.1, 0.15) is 41.5 Å². The fourth-order valence-electron chi connectivity index (χ4n) is 2.97. The molecule has 0 aromatic carbocycles. The number of likely N-dealkylation sites (N-methyl/N-ethyl adjacent to an activating group) is 1. The largest absolute Gasteiger partial charge is 0.370 e. The van der Waals surface area contributed by atoms with Gasteiger partial charge in [-0.05, 0) is 53.7 Å². The van der Waals surface area contributed by atoms with Gasteiger partial charge in [-0.1, -0.05) is 0 Å². The second-order valence-corrected chi connectivity index (χ2v) is 8.86. The van der Waals surface area contributed by atoms with Crippen molar-refractivity contribution in [3.05, 3.63) is 23.5 Å². The summed E-state index contributed by atoms with van der Waals surface area (Å²) in [7, 11) is 2.08. The van der Waals surface area contributed by atoms with Gasteiger partial charge in [0.2, 0.25) is 0 Å². The molecule has 0 aromatic rings. The van der Waals surface area contributed by atoms with Crippen LogP contribution in [0.5, 0.6) is 0 Å². The minimum absolute atomic E-state index is 0.113. The molecule has 138 valence electrons. The van der Waals surface area contributed by atoms with Gasteiger partial charge in [0.05, 0.1) is 17.9 Å². The SMILES string of the molecule is CN1NC(COC(C)(C)C)=CC=C1CN1CCN(C(C)(C)C)CC1. The van der Waals surface area contributed by atoms with Gasteiger partial charge < -0.3 is 10.2 Å². The van der Waals surface area contributed by atoms with Crippen LogP contribution >= 0.6 is 0 Å². The smallest absolute Gasteiger partial charge is 0.0887 e. The van der Waals surface area contributed by atoms with Crippen LogP contribution in [0.25, 0.3) is 0 Å². The average molecular weight is 337 g/mol. The van der Waals surface area contributed by atoms with Crippen LogP contribution in [0, 0.1) is 0 Å². The third-order valence-corrected chi connectivity index (χ3v) is 4.59. The van der Waals surface area contributed by atoms with E-state index in [0.29, 0.717) is 6.61 Å². The average Bonchev–Trinajstić information content (AvgIpc) is 2.46. The summed E-state index contributed by atoms with van der Waals surface area (Å²) >= 11 is 0. The molecule has 0 aliphatic carbocycles. The van der Waals surface area contributed by atoms with Crippen LogP contribution in [0.3, 0.4) is 0 Å². The van der Waals surface area contributed by atoms with Crippen LogP contribution < -0.4 is 5.43 Å². The van der Waals surface area contributed by atoms with Crippen molar-refractivity contribution in [2.24, 2.45) is 0 Å². The van der Waals surface area contributed by atoms with Gasteiger partial charge in [-0.2, -0.15) is 0 Å². The van der Waals surface area contributed by atoms with Crippen LogP contribution in [-0.4, -0.2) is 72.3 Å². The third-order valence-electron chi connectivity index (χ3n) is 4.59. The summed E-state index contributed by atoms with van der Waals surface area (Å²) in [5.41, 5.74) is 6.00. The lowest BCUT2D eigenvalue weighted by atomic mass is 10.0. The second kappa shape index (κ2) is 7.46. The molecule has 2 heterocycles. The van der Waals surface area contributed by atoms with Gasteiger partial charge in [-0.15, -0.1) is 0 Å². The van der Waals surface area contributed by atoms with Crippen molar-refractivity contribution >= 4 is 0 Å². The van der Waals surface area contributed by atoms with E-state index in [0.717, 1.165) is 38.4 Å². The predicted octanol–water partition coefficient (Wildman–Crippen LogP) is 2.44. The Balaban J connectivity index is 1.85. The Kier molecular flexibility index (Phi) is 6.00. The fourth-order valence-corrected chi connectivity index (χ4v) is 2.97. The number of hydrazine groups is 1. The van der Waals surface area contributed by atoms with E-state index in [1.165, 1.54) is 5.70 Å². The molecule has 0 aromatic heterocycles. The van der Waals surface area contributed by atoms with Crippen molar-refractivity contribution in [1.29, 1.82) is 0 Å². The molecule has 1 saturated heterocycles. The molecule has 24 heavy (non-hydrogen) atoms. The summed E-state index contributed by atoms with van der Waals surface area (Å²) < 4.78 is 5.84. The number of hydrogen-bond acceptors (Lipinski definition) is 5.